The molecule has 0 aromatic rings. The number of rotatable bonds is 1. The molecule has 3 fully saturated rings. The molecule has 0 bridgehead atoms. The van der Waals surface area contributed by atoms with E-state index in [2.05, 4.69) is 13.8 Å². The maximum absolute atomic E-state index is 12.0. The largest absolute Gasteiger partial charge is 0.462 e. The normalized spacial score (nSPS) is 48.9. The number of allylic oxidation sites excluding steroid dienone is 1. The van der Waals surface area contributed by atoms with E-state index in [9.17, 15) is 9.59 Å². The van der Waals surface area contributed by atoms with Crippen molar-refractivity contribution < 1.29 is 14.3 Å². The molecule has 0 aromatic carbocycles. The van der Waals surface area contributed by atoms with Crippen molar-refractivity contribution >= 4 is 23.4 Å². The molecule has 0 aromatic heterocycles. The zero-order valence-corrected chi connectivity index (χ0v) is 16.3. The molecule has 138 valence electrons. The Kier molecular flexibility index (Phi) is 4.10. The van der Waals surface area contributed by atoms with E-state index >= 15 is 0 Å². The van der Waals surface area contributed by atoms with E-state index < -0.39 is 0 Å². The van der Waals surface area contributed by atoms with Crippen LogP contribution < -0.4 is 0 Å². The predicted molar refractivity (Wildman–Crippen MR) is 97.3 cm³/mol. The van der Waals surface area contributed by atoms with Crippen molar-refractivity contribution in [3.63, 3.8) is 0 Å². The highest BCUT2D eigenvalue weighted by atomic mass is 35.5. The zero-order chi connectivity index (χ0) is 18.0. The fourth-order valence-electron chi connectivity index (χ4n) is 6.90. The first-order valence-electron chi connectivity index (χ1n) is 9.82. The van der Waals surface area contributed by atoms with Gasteiger partial charge in [0, 0.05) is 18.8 Å². The van der Waals surface area contributed by atoms with Crippen molar-refractivity contribution in [2.45, 2.75) is 77.2 Å². The van der Waals surface area contributed by atoms with E-state index in [0.717, 1.165) is 38.5 Å². The second kappa shape index (κ2) is 5.84. The van der Waals surface area contributed by atoms with Crippen LogP contribution in [0, 0.1) is 28.6 Å². The Morgan fingerprint density at radius 3 is 2.68 bits per heavy atom. The number of carbonyl (C=O) groups excluding carboxylic acids is 2. The smallest absolute Gasteiger partial charge is 0.302 e. The third-order valence-electron chi connectivity index (χ3n) is 8.16. The van der Waals surface area contributed by atoms with Gasteiger partial charge in [-0.2, -0.15) is 0 Å². The first-order valence-corrected chi connectivity index (χ1v) is 10.3. The SMILES string of the molecule is CC(=O)OC1CC[C@H]2[C@@H]3CC(Cl)C4=CC(=O)CC[C@]4(C)[C@@H]3CC[C@]12C. The van der Waals surface area contributed by atoms with Crippen LogP contribution in [-0.2, 0) is 14.3 Å². The Bertz CT molecular complexity index is 641. The summed E-state index contributed by atoms with van der Waals surface area (Å²) in [7, 11) is 0. The number of ketones is 1. The Balaban J connectivity index is 1.66. The quantitative estimate of drug-likeness (QED) is 0.501. The van der Waals surface area contributed by atoms with Gasteiger partial charge < -0.3 is 4.74 Å². The van der Waals surface area contributed by atoms with Crippen LogP contribution in [0.5, 0.6) is 0 Å². The first kappa shape index (κ1) is 17.6. The molecular weight excluding hydrogens is 336 g/mol. The molecule has 0 saturated heterocycles. The van der Waals surface area contributed by atoms with E-state index in [4.69, 9.17) is 16.3 Å². The molecule has 0 amide bonds. The van der Waals surface area contributed by atoms with Crippen LogP contribution in [0.3, 0.4) is 0 Å². The van der Waals surface area contributed by atoms with Crippen molar-refractivity contribution in [3.05, 3.63) is 11.6 Å². The number of ether oxygens (including phenoxy) is 1. The number of carbonyl (C=O) groups is 2. The van der Waals surface area contributed by atoms with Gasteiger partial charge in [-0.1, -0.05) is 13.8 Å². The highest BCUT2D eigenvalue weighted by Crippen LogP contribution is 2.66. The average molecular weight is 365 g/mol. The summed E-state index contributed by atoms with van der Waals surface area (Å²) in [4.78, 5) is 23.5. The summed E-state index contributed by atoms with van der Waals surface area (Å²) >= 11 is 6.82. The van der Waals surface area contributed by atoms with Gasteiger partial charge in [0.2, 0.25) is 0 Å². The molecule has 4 aliphatic carbocycles. The summed E-state index contributed by atoms with van der Waals surface area (Å²) < 4.78 is 5.71. The van der Waals surface area contributed by atoms with Crippen molar-refractivity contribution in [3.8, 4) is 0 Å². The van der Waals surface area contributed by atoms with Crippen LogP contribution in [0.2, 0.25) is 0 Å². The Morgan fingerprint density at radius 2 is 1.96 bits per heavy atom. The van der Waals surface area contributed by atoms with Crippen molar-refractivity contribution in [1.29, 1.82) is 0 Å². The van der Waals surface area contributed by atoms with Crippen LogP contribution in [0.4, 0.5) is 0 Å². The maximum atomic E-state index is 12.0. The summed E-state index contributed by atoms with van der Waals surface area (Å²) in [6.45, 7) is 6.20. The van der Waals surface area contributed by atoms with Gasteiger partial charge in [0.25, 0.3) is 0 Å². The minimum Gasteiger partial charge on any atom is -0.462 e. The lowest BCUT2D eigenvalue weighted by Gasteiger charge is -2.58. The Morgan fingerprint density at radius 1 is 1.20 bits per heavy atom. The second-order valence-electron chi connectivity index (χ2n) is 9.28. The lowest BCUT2D eigenvalue weighted by Crippen LogP contribution is -2.53. The van der Waals surface area contributed by atoms with Crippen molar-refractivity contribution in [2.24, 2.45) is 28.6 Å². The number of fused-ring (bicyclic) bond motifs is 5. The molecule has 3 saturated carbocycles. The van der Waals surface area contributed by atoms with Crippen LogP contribution >= 0.6 is 11.6 Å². The molecule has 0 spiro atoms. The zero-order valence-electron chi connectivity index (χ0n) is 15.5. The van der Waals surface area contributed by atoms with Crippen molar-refractivity contribution in [1.82, 2.24) is 0 Å². The minimum absolute atomic E-state index is 0.0226. The average Bonchev–Trinajstić information content (AvgIpc) is 2.86. The van der Waals surface area contributed by atoms with Gasteiger partial charge in [-0.3, -0.25) is 9.59 Å². The van der Waals surface area contributed by atoms with Gasteiger partial charge in [0.15, 0.2) is 5.78 Å². The summed E-state index contributed by atoms with van der Waals surface area (Å²) in [5, 5.41) is -0.0226. The molecule has 25 heavy (non-hydrogen) atoms. The third-order valence-corrected chi connectivity index (χ3v) is 8.57. The summed E-state index contributed by atoms with van der Waals surface area (Å²) in [6.07, 6.45) is 8.87. The summed E-state index contributed by atoms with van der Waals surface area (Å²) in [6, 6.07) is 0. The molecule has 2 unspecified atom stereocenters. The Hall–Kier alpha value is -0.830. The fourth-order valence-corrected chi connectivity index (χ4v) is 7.42. The second-order valence-corrected chi connectivity index (χ2v) is 9.81. The summed E-state index contributed by atoms with van der Waals surface area (Å²) in [5.74, 6) is 1.85. The lowest BCUT2D eigenvalue weighted by molar-refractivity contribution is -0.157. The lowest BCUT2D eigenvalue weighted by atomic mass is 9.47. The number of alkyl halides is 1. The highest BCUT2D eigenvalue weighted by Gasteiger charge is 2.61. The molecule has 4 rings (SSSR count). The van der Waals surface area contributed by atoms with E-state index in [-0.39, 0.29) is 34.1 Å². The van der Waals surface area contributed by atoms with E-state index in [1.165, 1.54) is 12.5 Å². The van der Waals surface area contributed by atoms with Gasteiger partial charge in [0.05, 0.1) is 5.38 Å². The predicted octanol–water partition coefficient (Wildman–Crippen LogP) is 4.67. The summed E-state index contributed by atoms with van der Waals surface area (Å²) in [5.41, 5.74) is 1.36. The van der Waals surface area contributed by atoms with Gasteiger partial charge in [-0.25, -0.2) is 0 Å². The first-order chi connectivity index (χ1) is 11.8. The fraction of sp³-hybridized carbons (Fsp3) is 0.810. The van der Waals surface area contributed by atoms with Gasteiger partial charge in [-0.05, 0) is 73.3 Å². The molecule has 0 aliphatic heterocycles. The van der Waals surface area contributed by atoms with Crippen LogP contribution in [-0.4, -0.2) is 23.2 Å². The minimum atomic E-state index is -0.157. The maximum Gasteiger partial charge on any atom is 0.302 e. The molecular formula is C21H29ClO3. The van der Waals surface area contributed by atoms with E-state index in [1.807, 2.05) is 6.08 Å². The van der Waals surface area contributed by atoms with Crippen LogP contribution in [0.15, 0.2) is 11.6 Å². The molecule has 4 aliphatic rings. The number of hydrogen-bond acceptors (Lipinski definition) is 3. The number of halogens is 1. The topological polar surface area (TPSA) is 43.4 Å². The van der Waals surface area contributed by atoms with Gasteiger partial charge >= 0.3 is 5.97 Å². The Labute approximate surface area is 155 Å². The molecule has 4 heteroatoms. The van der Waals surface area contributed by atoms with E-state index in [0.29, 0.717) is 24.2 Å². The third kappa shape index (κ3) is 2.52. The van der Waals surface area contributed by atoms with E-state index in [1.54, 1.807) is 0 Å². The molecule has 7 atom stereocenters. The number of hydrogen-bond donors (Lipinski definition) is 0. The van der Waals surface area contributed by atoms with Gasteiger partial charge in [0.1, 0.15) is 6.10 Å². The van der Waals surface area contributed by atoms with Gasteiger partial charge in [-0.15, -0.1) is 11.6 Å². The van der Waals surface area contributed by atoms with Crippen LogP contribution in [0.1, 0.15) is 65.7 Å². The monoisotopic (exact) mass is 364 g/mol. The standard InChI is InChI=1S/C21H29ClO3/c1-12(23)25-19-5-4-15-14-11-18(22)17-10-13(24)6-8-20(17,2)16(14)7-9-21(15,19)3/h10,14-16,18-19H,4-9,11H2,1-3H3/t14-,15-,16+,18?,19?,20+,21-/m0/s1. The number of esters is 1. The van der Waals surface area contributed by atoms with Crippen LogP contribution in [0.25, 0.3) is 0 Å². The molecule has 0 radical (unpaired) electrons. The highest BCUT2D eigenvalue weighted by molar-refractivity contribution is 6.23. The molecule has 0 heterocycles. The molecule has 3 nitrogen and oxygen atoms in total. The van der Waals surface area contributed by atoms with Crippen molar-refractivity contribution in [2.75, 3.05) is 0 Å². The molecule has 0 N–H and O–H groups in total.